The third-order valence-electron chi connectivity index (χ3n) is 3.47. The molecular weight excluding hydrogens is 314 g/mol. The predicted molar refractivity (Wildman–Crippen MR) is 88.1 cm³/mol. The molecule has 2 aromatic carbocycles. The number of fused-ring (bicyclic) bond motifs is 2. The van der Waals surface area contributed by atoms with Crippen molar-refractivity contribution in [1.29, 1.82) is 0 Å². The number of anilines is 2. The van der Waals surface area contributed by atoms with Crippen molar-refractivity contribution in [2.24, 2.45) is 0 Å². The summed E-state index contributed by atoms with van der Waals surface area (Å²) in [7, 11) is 2.09. The zero-order chi connectivity index (χ0) is 14.1. The van der Waals surface area contributed by atoms with Crippen molar-refractivity contribution in [3.63, 3.8) is 0 Å². The van der Waals surface area contributed by atoms with E-state index in [2.05, 4.69) is 76.4 Å². The number of nitrogens with zero attached hydrogens (tertiary/aromatic N) is 1. The van der Waals surface area contributed by atoms with Crippen molar-refractivity contribution in [2.75, 3.05) is 18.6 Å². The van der Waals surface area contributed by atoms with Crippen LogP contribution in [0.25, 0.3) is 11.8 Å². The molecule has 3 rings (SSSR count). The summed E-state index contributed by atoms with van der Waals surface area (Å²) in [6.07, 6.45) is 2.12. The average molecular weight is 330 g/mol. The highest BCUT2D eigenvalue weighted by Gasteiger charge is 2.19. The number of para-hydroxylation sites is 1. The van der Waals surface area contributed by atoms with Gasteiger partial charge in [-0.3, -0.25) is 0 Å². The molecule has 1 aliphatic heterocycles. The van der Waals surface area contributed by atoms with E-state index in [-0.39, 0.29) is 0 Å². The SMILES string of the molecule is CCOC1=Cc2ccccc2N(C)c2ccc(Br)cc21. The third kappa shape index (κ3) is 2.22. The van der Waals surface area contributed by atoms with E-state index in [1.807, 2.05) is 6.92 Å². The Hall–Kier alpha value is -1.74. The summed E-state index contributed by atoms with van der Waals surface area (Å²) in [6.45, 7) is 2.67. The minimum Gasteiger partial charge on any atom is -0.493 e. The molecule has 0 radical (unpaired) electrons. The van der Waals surface area contributed by atoms with E-state index < -0.39 is 0 Å². The molecule has 0 N–H and O–H groups in total. The van der Waals surface area contributed by atoms with Crippen molar-refractivity contribution in [3.05, 3.63) is 58.1 Å². The van der Waals surface area contributed by atoms with Gasteiger partial charge in [0, 0.05) is 28.3 Å². The Balaban J connectivity index is 2.27. The highest BCUT2D eigenvalue weighted by Crippen LogP contribution is 2.40. The van der Waals surface area contributed by atoms with E-state index in [0.29, 0.717) is 6.61 Å². The fourth-order valence-electron chi connectivity index (χ4n) is 2.54. The third-order valence-corrected chi connectivity index (χ3v) is 3.96. The summed E-state index contributed by atoms with van der Waals surface area (Å²) in [5.41, 5.74) is 4.62. The van der Waals surface area contributed by atoms with Crippen LogP contribution in [0.15, 0.2) is 46.9 Å². The minimum absolute atomic E-state index is 0.656. The second kappa shape index (κ2) is 5.33. The Labute approximate surface area is 127 Å². The largest absolute Gasteiger partial charge is 0.493 e. The lowest BCUT2D eigenvalue weighted by Gasteiger charge is -2.22. The molecule has 0 aromatic heterocycles. The fraction of sp³-hybridized carbons (Fsp3) is 0.176. The molecule has 20 heavy (non-hydrogen) atoms. The summed E-state index contributed by atoms with van der Waals surface area (Å²) >= 11 is 3.55. The average Bonchev–Trinajstić information content (AvgIpc) is 2.56. The summed E-state index contributed by atoms with van der Waals surface area (Å²) in [5.74, 6) is 0.917. The van der Waals surface area contributed by atoms with Crippen LogP contribution in [0.1, 0.15) is 18.1 Å². The van der Waals surface area contributed by atoms with Crippen molar-refractivity contribution < 1.29 is 4.74 Å². The van der Waals surface area contributed by atoms with Crippen molar-refractivity contribution in [1.82, 2.24) is 0 Å². The first-order chi connectivity index (χ1) is 9.70. The molecule has 3 heteroatoms. The van der Waals surface area contributed by atoms with Crippen molar-refractivity contribution >= 4 is 39.1 Å². The number of benzene rings is 2. The highest BCUT2D eigenvalue weighted by molar-refractivity contribution is 9.10. The Morgan fingerprint density at radius 2 is 1.90 bits per heavy atom. The topological polar surface area (TPSA) is 12.5 Å². The molecule has 0 atom stereocenters. The van der Waals surface area contributed by atoms with Crippen LogP contribution in [-0.4, -0.2) is 13.7 Å². The van der Waals surface area contributed by atoms with E-state index in [4.69, 9.17) is 4.74 Å². The highest BCUT2D eigenvalue weighted by atomic mass is 79.9. The lowest BCUT2D eigenvalue weighted by atomic mass is 10.1. The summed E-state index contributed by atoms with van der Waals surface area (Å²) in [5, 5.41) is 0. The second-order valence-electron chi connectivity index (χ2n) is 4.72. The zero-order valence-electron chi connectivity index (χ0n) is 11.6. The maximum atomic E-state index is 5.86. The molecule has 0 saturated heterocycles. The van der Waals surface area contributed by atoms with E-state index in [9.17, 15) is 0 Å². The van der Waals surface area contributed by atoms with Crippen LogP contribution in [0.4, 0.5) is 11.4 Å². The van der Waals surface area contributed by atoms with Gasteiger partial charge in [0.1, 0.15) is 5.76 Å². The molecule has 2 nitrogen and oxygen atoms in total. The standard InChI is InChI=1S/C17H16BrNO/c1-3-20-17-10-12-6-4-5-7-15(12)19(2)16-9-8-13(18)11-14(16)17/h4-11H,3H2,1-2H3. The van der Waals surface area contributed by atoms with E-state index in [0.717, 1.165) is 21.5 Å². The van der Waals surface area contributed by atoms with Gasteiger partial charge in [-0.1, -0.05) is 34.1 Å². The molecule has 102 valence electrons. The first-order valence-electron chi connectivity index (χ1n) is 6.68. The van der Waals surface area contributed by atoms with Crippen LogP contribution in [0, 0.1) is 0 Å². The Kier molecular flexibility index (Phi) is 3.53. The number of halogens is 1. The van der Waals surface area contributed by atoms with Crippen LogP contribution >= 0.6 is 15.9 Å². The lowest BCUT2D eigenvalue weighted by molar-refractivity contribution is 0.300. The van der Waals surface area contributed by atoms with Gasteiger partial charge in [0.25, 0.3) is 0 Å². The number of hydrogen-bond donors (Lipinski definition) is 0. The van der Waals surface area contributed by atoms with Gasteiger partial charge in [0.2, 0.25) is 0 Å². The van der Waals surface area contributed by atoms with Crippen LogP contribution in [0.2, 0.25) is 0 Å². The van der Waals surface area contributed by atoms with E-state index >= 15 is 0 Å². The number of hydrogen-bond acceptors (Lipinski definition) is 2. The molecule has 0 spiro atoms. The van der Waals surface area contributed by atoms with Crippen molar-refractivity contribution in [2.45, 2.75) is 6.92 Å². The zero-order valence-corrected chi connectivity index (χ0v) is 13.1. The van der Waals surface area contributed by atoms with E-state index in [1.165, 1.54) is 11.3 Å². The van der Waals surface area contributed by atoms with Gasteiger partial charge in [-0.25, -0.2) is 0 Å². The van der Waals surface area contributed by atoms with Crippen LogP contribution < -0.4 is 4.90 Å². The molecule has 0 bridgehead atoms. The minimum atomic E-state index is 0.656. The fourth-order valence-corrected chi connectivity index (χ4v) is 2.90. The first kappa shape index (κ1) is 13.3. The smallest absolute Gasteiger partial charge is 0.129 e. The van der Waals surface area contributed by atoms with Gasteiger partial charge in [0.15, 0.2) is 0 Å². The van der Waals surface area contributed by atoms with Gasteiger partial charge in [0.05, 0.1) is 12.3 Å². The predicted octanol–water partition coefficient (Wildman–Crippen LogP) is 5.07. The summed E-state index contributed by atoms with van der Waals surface area (Å²) in [6, 6.07) is 14.7. The molecule has 0 aliphatic carbocycles. The maximum Gasteiger partial charge on any atom is 0.129 e. The first-order valence-corrected chi connectivity index (χ1v) is 7.47. The van der Waals surface area contributed by atoms with Gasteiger partial charge in [-0.05, 0) is 37.3 Å². The van der Waals surface area contributed by atoms with Crippen LogP contribution in [0.5, 0.6) is 0 Å². The molecule has 1 heterocycles. The monoisotopic (exact) mass is 329 g/mol. The molecule has 0 amide bonds. The Morgan fingerprint density at radius 1 is 1.10 bits per heavy atom. The Bertz CT molecular complexity index is 678. The molecule has 0 saturated carbocycles. The Morgan fingerprint density at radius 3 is 2.70 bits per heavy atom. The van der Waals surface area contributed by atoms with Crippen LogP contribution in [0.3, 0.4) is 0 Å². The summed E-state index contributed by atoms with van der Waals surface area (Å²) < 4.78 is 6.92. The van der Waals surface area contributed by atoms with Gasteiger partial charge in [-0.2, -0.15) is 0 Å². The van der Waals surface area contributed by atoms with Crippen LogP contribution in [-0.2, 0) is 4.74 Å². The van der Waals surface area contributed by atoms with E-state index in [1.54, 1.807) is 0 Å². The number of rotatable bonds is 2. The molecule has 0 unspecified atom stereocenters. The summed E-state index contributed by atoms with van der Waals surface area (Å²) in [4.78, 5) is 2.21. The van der Waals surface area contributed by atoms with Gasteiger partial charge in [-0.15, -0.1) is 0 Å². The molecule has 1 aliphatic rings. The second-order valence-corrected chi connectivity index (χ2v) is 5.64. The molecule has 2 aromatic rings. The molecular formula is C17H16BrNO. The lowest BCUT2D eigenvalue weighted by Crippen LogP contribution is -2.11. The molecule has 0 fully saturated rings. The van der Waals surface area contributed by atoms with Gasteiger partial charge >= 0.3 is 0 Å². The maximum absolute atomic E-state index is 5.86. The van der Waals surface area contributed by atoms with Crippen molar-refractivity contribution in [3.8, 4) is 0 Å². The van der Waals surface area contributed by atoms with Gasteiger partial charge < -0.3 is 9.64 Å². The quantitative estimate of drug-likeness (QED) is 0.763. The normalized spacial score (nSPS) is 13.2. The number of ether oxygens (including phenoxy) is 1.